The Balaban J connectivity index is 2.25. The van der Waals surface area contributed by atoms with Crippen LogP contribution in [0.3, 0.4) is 0 Å². The van der Waals surface area contributed by atoms with E-state index in [1.807, 2.05) is 19.1 Å². The first kappa shape index (κ1) is 14.3. The van der Waals surface area contributed by atoms with Crippen molar-refractivity contribution in [2.24, 2.45) is 0 Å². The minimum Gasteiger partial charge on any atom is -0.439 e. The van der Waals surface area contributed by atoms with Gasteiger partial charge in [0.05, 0.1) is 5.56 Å². The predicted molar refractivity (Wildman–Crippen MR) is 81.5 cm³/mol. The minimum absolute atomic E-state index is 0.627. The third-order valence-corrected chi connectivity index (χ3v) is 3.15. The molecule has 0 aliphatic heterocycles. The van der Waals surface area contributed by atoms with Crippen LogP contribution in [-0.2, 0) is 12.8 Å². The van der Waals surface area contributed by atoms with Crippen LogP contribution >= 0.6 is 0 Å². The Labute approximate surface area is 120 Å². The van der Waals surface area contributed by atoms with Gasteiger partial charge in [-0.3, -0.25) is 0 Å². The van der Waals surface area contributed by atoms with Crippen LogP contribution in [0, 0.1) is 0 Å². The fourth-order valence-corrected chi connectivity index (χ4v) is 2.03. The number of anilines is 1. The Morgan fingerprint density at radius 3 is 2.35 bits per heavy atom. The second-order valence-corrected chi connectivity index (χ2v) is 4.49. The summed E-state index contributed by atoms with van der Waals surface area (Å²) in [6, 6.07) is 8.11. The molecule has 4 nitrogen and oxygen atoms in total. The van der Waals surface area contributed by atoms with Crippen LogP contribution < -0.4 is 10.1 Å². The van der Waals surface area contributed by atoms with Crippen molar-refractivity contribution in [1.82, 2.24) is 9.97 Å². The molecule has 0 bridgehead atoms. The van der Waals surface area contributed by atoms with E-state index in [0.29, 0.717) is 5.88 Å². The van der Waals surface area contributed by atoms with E-state index < -0.39 is 0 Å². The topological polar surface area (TPSA) is 47.0 Å². The fourth-order valence-electron chi connectivity index (χ4n) is 2.03. The first-order chi connectivity index (χ1) is 9.78. The van der Waals surface area contributed by atoms with Crippen molar-refractivity contribution in [1.29, 1.82) is 0 Å². The number of rotatable bonds is 6. The van der Waals surface area contributed by atoms with Crippen LogP contribution in [-0.4, -0.2) is 16.5 Å². The van der Waals surface area contributed by atoms with Gasteiger partial charge in [-0.05, 0) is 37.5 Å². The lowest BCUT2D eigenvalue weighted by molar-refractivity contribution is 0.455. The molecule has 1 aromatic heterocycles. The first-order valence-electron chi connectivity index (χ1n) is 7.13. The molecule has 0 atom stereocenters. The average Bonchev–Trinajstić information content (AvgIpc) is 2.49. The molecule has 0 spiro atoms. The highest BCUT2D eigenvalue weighted by Gasteiger charge is 2.11. The maximum absolute atomic E-state index is 5.90. The zero-order chi connectivity index (χ0) is 14.4. The Morgan fingerprint density at radius 2 is 1.75 bits per heavy atom. The standard InChI is InChI=1S/C16H21N3O/c1-4-12-7-9-13(10-8-12)20-16-14(5-2)15(17-6-3)18-11-19-16/h7-11H,4-6H2,1-3H3,(H,17,18,19). The van der Waals surface area contributed by atoms with Gasteiger partial charge in [0.2, 0.25) is 5.88 Å². The van der Waals surface area contributed by atoms with Crippen LogP contribution in [0.2, 0.25) is 0 Å². The Hall–Kier alpha value is -2.10. The third-order valence-electron chi connectivity index (χ3n) is 3.15. The highest BCUT2D eigenvalue weighted by Crippen LogP contribution is 2.27. The van der Waals surface area contributed by atoms with E-state index in [1.165, 1.54) is 11.9 Å². The maximum Gasteiger partial charge on any atom is 0.227 e. The zero-order valence-corrected chi connectivity index (χ0v) is 12.3. The largest absolute Gasteiger partial charge is 0.439 e. The summed E-state index contributed by atoms with van der Waals surface area (Å²) in [5.41, 5.74) is 2.30. The Kier molecular flexibility index (Phi) is 4.93. The van der Waals surface area contributed by atoms with Crippen molar-refractivity contribution in [3.63, 3.8) is 0 Å². The predicted octanol–water partition coefficient (Wildman–Crippen LogP) is 3.83. The van der Waals surface area contributed by atoms with Crippen LogP contribution in [0.15, 0.2) is 30.6 Å². The molecule has 20 heavy (non-hydrogen) atoms. The summed E-state index contributed by atoms with van der Waals surface area (Å²) >= 11 is 0. The number of nitrogens with one attached hydrogen (secondary N) is 1. The Morgan fingerprint density at radius 1 is 1.00 bits per heavy atom. The molecule has 0 saturated heterocycles. The molecule has 0 aliphatic carbocycles. The van der Waals surface area contributed by atoms with Gasteiger partial charge in [-0.25, -0.2) is 9.97 Å². The number of ether oxygens (including phenoxy) is 1. The zero-order valence-electron chi connectivity index (χ0n) is 12.3. The molecular weight excluding hydrogens is 250 g/mol. The quantitative estimate of drug-likeness (QED) is 0.867. The SMILES string of the molecule is CCNc1ncnc(Oc2ccc(CC)cc2)c1CC. The Bertz CT molecular complexity index is 552. The molecular formula is C16H21N3O. The molecule has 0 aliphatic rings. The highest BCUT2D eigenvalue weighted by atomic mass is 16.5. The molecule has 1 aromatic carbocycles. The summed E-state index contributed by atoms with van der Waals surface area (Å²) in [6.45, 7) is 7.09. The number of aryl methyl sites for hydroxylation is 1. The van der Waals surface area contributed by atoms with E-state index in [9.17, 15) is 0 Å². The van der Waals surface area contributed by atoms with Crippen LogP contribution in [0.4, 0.5) is 5.82 Å². The smallest absolute Gasteiger partial charge is 0.227 e. The summed E-state index contributed by atoms with van der Waals surface area (Å²) < 4.78 is 5.90. The molecule has 4 heteroatoms. The van der Waals surface area contributed by atoms with Crippen molar-refractivity contribution in [2.75, 3.05) is 11.9 Å². The number of hydrogen-bond acceptors (Lipinski definition) is 4. The second-order valence-electron chi connectivity index (χ2n) is 4.49. The van der Waals surface area contributed by atoms with Crippen molar-refractivity contribution >= 4 is 5.82 Å². The van der Waals surface area contributed by atoms with Gasteiger partial charge in [-0.2, -0.15) is 0 Å². The van der Waals surface area contributed by atoms with Gasteiger partial charge in [0.1, 0.15) is 17.9 Å². The summed E-state index contributed by atoms with van der Waals surface area (Å²) in [4.78, 5) is 8.52. The van der Waals surface area contributed by atoms with Gasteiger partial charge < -0.3 is 10.1 Å². The lowest BCUT2D eigenvalue weighted by Gasteiger charge is -2.12. The van der Waals surface area contributed by atoms with Crippen LogP contribution in [0.5, 0.6) is 11.6 Å². The van der Waals surface area contributed by atoms with E-state index in [-0.39, 0.29) is 0 Å². The molecule has 0 unspecified atom stereocenters. The van der Waals surface area contributed by atoms with Crippen molar-refractivity contribution in [3.8, 4) is 11.6 Å². The van der Waals surface area contributed by atoms with Crippen LogP contribution in [0.1, 0.15) is 31.9 Å². The van der Waals surface area contributed by atoms with E-state index in [0.717, 1.165) is 36.5 Å². The van der Waals surface area contributed by atoms with Crippen molar-refractivity contribution in [3.05, 3.63) is 41.7 Å². The molecule has 0 fully saturated rings. The minimum atomic E-state index is 0.627. The molecule has 1 N–H and O–H groups in total. The van der Waals surface area contributed by atoms with E-state index in [1.54, 1.807) is 0 Å². The van der Waals surface area contributed by atoms with Gasteiger partial charge in [0.25, 0.3) is 0 Å². The molecule has 106 valence electrons. The summed E-state index contributed by atoms with van der Waals surface area (Å²) in [6.07, 6.45) is 3.39. The normalized spacial score (nSPS) is 10.3. The first-order valence-corrected chi connectivity index (χ1v) is 7.13. The monoisotopic (exact) mass is 271 g/mol. The van der Waals surface area contributed by atoms with Crippen molar-refractivity contribution < 1.29 is 4.74 Å². The average molecular weight is 271 g/mol. The fraction of sp³-hybridized carbons (Fsp3) is 0.375. The lowest BCUT2D eigenvalue weighted by Crippen LogP contribution is -2.05. The molecule has 0 radical (unpaired) electrons. The third kappa shape index (κ3) is 3.26. The lowest BCUT2D eigenvalue weighted by atomic mass is 10.2. The van der Waals surface area contributed by atoms with Gasteiger partial charge in [-0.1, -0.05) is 26.0 Å². The van der Waals surface area contributed by atoms with Gasteiger partial charge >= 0.3 is 0 Å². The van der Waals surface area contributed by atoms with E-state index >= 15 is 0 Å². The van der Waals surface area contributed by atoms with Crippen LogP contribution in [0.25, 0.3) is 0 Å². The molecule has 0 amide bonds. The number of nitrogens with zero attached hydrogens (tertiary/aromatic N) is 2. The van der Waals surface area contributed by atoms with E-state index in [2.05, 4.69) is 41.3 Å². The van der Waals surface area contributed by atoms with Crippen molar-refractivity contribution in [2.45, 2.75) is 33.6 Å². The number of benzene rings is 1. The van der Waals surface area contributed by atoms with E-state index in [4.69, 9.17) is 4.74 Å². The maximum atomic E-state index is 5.90. The van der Waals surface area contributed by atoms with Gasteiger partial charge in [-0.15, -0.1) is 0 Å². The van der Waals surface area contributed by atoms with Gasteiger partial charge in [0.15, 0.2) is 0 Å². The number of hydrogen-bond donors (Lipinski definition) is 1. The molecule has 0 saturated carbocycles. The summed E-state index contributed by atoms with van der Waals surface area (Å²) in [5, 5.41) is 3.24. The highest BCUT2D eigenvalue weighted by molar-refractivity contribution is 5.49. The molecule has 2 rings (SSSR count). The molecule has 1 heterocycles. The second kappa shape index (κ2) is 6.89. The summed E-state index contributed by atoms with van der Waals surface area (Å²) in [7, 11) is 0. The summed E-state index contributed by atoms with van der Waals surface area (Å²) in [5.74, 6) is 2.28. The molecule has 2 aromatic rings. The van der Waals surface area contributed by atoms with Gasteiger partial charge in [0, 0.05) is 6.54 Å². The number of aromatic nitrogens is 2.